The van der Waals surface area contributed by atoms with Gasteiger partial charge in [-0.1, -0.05) is 0 Å². The van der Waals surface area contributed by atoms with Crippen LogP contribution < -0.4 is 5.32 Å². The van der Waals surface area contributed by atoms with Crippen molar-refractivity contribution in [1.29, 1.82) is 0 Å². The summed E-state index contributed by atoms with van der Waals surface area (Å²) in [6.45, 7) is 8.04. The van der Waals surface area contributed by atoms with Crippen LogP contribution in [0.3, 0.4) is 0 Å². The van der Waals surface area contributed by atoms with Crippen LogP contribution in [0, 0.1) is 13.8 Å². The Morgan fingerprint density at radius 2 is 2.10 bits per heavy atom. The van der Waals surface area contributed by atoms with Crippen LogP contribution in [0.1, 0.15) is 59.4 Å². The van der Waals surface area contributed by atoms with E-state index in [1.807, 2.05) is 18.5 Å². The number of fused-ring (bicyclic) bond motifs is 1. The predicted octanol–water partition coefficient (Wildman–Crippen LogP) is 2.54. The van der Waals surface area contributed by atoms with Gasteiger partial charge < -0.3 is 5.32 Å². The van der Waals surface area contributed by atoms with Gasteiger partial charge >= 0.3 is 0 Å². The van der Waals surface area contributed by atoms with Gasteiger partial charge in [-0.15, -0.1) is 0 Å². The number of aromatic nitrogens is 4. The predicted molar refractivity (Wildman–Crippen MR) is 80.7 cm³/mol. The SMILES string of the molecule is Cc1nn(C(C)C)c(C)c1NC(=O)c1n[nH]c2c1CCC2. The van der Waals surface area contributed by atoms with Crippen LogP contribution in [0.25, 0.3) is 0 Å². The molecule has 3 rings (SSSR count). The molecule has 0 unspecified atom stereocenters. The van der Waals surface area contributed by atoms with Crippen molar-refractivity contribution in [3.63, 3.8) is 0 Å². The Kier molecular flexibility index (Phi) is 3.31. The maximum atomic E-state index is 12.5. The lowest BCUT2D eigenvalue weighted by molar-refractivity contribution is 0.102. The highest BCUT2D eigenvalue weighted by Crippen LogP contribution is 2.26. The maximum absolute atomic E-state index is 12.5. The van der Waals surface area contributed by atoms with Crippen LogP contribution in [0.4, 0.5) is 5.69 Å². The van der Waals surface area contributed by atoms with Crippen molar-refractivity contribution in [3.8, 4) is 0 Å². The summed E-state index contributed by atoms with van der Waals surface area (Å²) in [5, 5.41) is 14.6. The van der Waals surface area contributed by atoms with E-state index in [4.69, 9.17) is 0 Å². The van der Waals surface area contributed by atoms with Gasteiger partial charge in [0.1, 0.15) is 0 Å². The van der Waals surface area contributed by atoms with Crippen molar-refractivity contribution < 1.29 is 4.79 Å². The van der Waals surface area contributed by atoms with Crippen LogP contribution >= 0.6 is 0 Å². The number of anilines is 1. The molecule has 2 aromatic rings. The van der Waals surface area contributed by atoms with E-state index in [1.54, 1.807) is 0 Å². The van der Waals surface area contributed by atoms with Crippen LogP contribution in [0.15, 0.2) is 0 Å². The Balaban J connectivity index is 1.88. The molecule has 112 valence electrons. The first-order valence-electron chi connectivity index (χ1n) is 7.42. The first-order valence-corrected chi connectivity index (χ1v) is 7.42. The molecular weight excluding hydrogens is 266 g/mol. The molecule has 2 N–H and O–H groups in total. The molecule has 1 aliphatic rings. The molecule has 1 amide bonds. The highest BCUT2D eigenvalue weighted by Gasteiger charge is 2.24. The molecule has 2 aromatic heterocycles. The van der Waals surface area contributed by atoms with Gasteiger partial charge in [0, 0.05) is 17.3 Å². The van der Waals surface area contributed by atoms with Gasteiger partial charge in [-0.05, 0) is 47.0 Å². The molecule has 1 aliphatic carbocycles. The zero-order valence-electron chi connectivity index (χ0n) is 12.9. The zero-order valence-corrected chi connectivity index (χ0v) is 12.9. The number of amides is 1. The lowest BCUT2D eigenvalue weighted by atomic mass is 10.2. The average Bonchev–Trinajstić information content (AvgIpc) is 3.08. The lowest BCUT2D eigenvalue weighted by Crippen LogP contribution is -2.15. The van der Waals surface area contributed by atoms with Crippen molar-refractivity contribution in [2.24, 2.45) is 0 Å². The summed E-state index contributed by atoms with van der Waals surface area (Å²) in [5.41, 5.74) is 5.30. The third-order valence-corrected chi connectivity index (χ3v) is 4.07. The summed E-state index contributed by atoms with van der Waals surface area (Å²) in [6.07, 6.45) is 3.00. The fourth-order valence-corrected chi connectivity index (χ4v) is 3.03. The van der Waals surface area contributed by atoms with Crippen molar-refractivity contribution in [1.82, 2.24) is 20.0 Å². The number of carbonyl (C=O) groups excluding carboxylic acids is 1. The van der Waals surface area contributed by atoms with E-state index in [-0.39, 0.29) is 11.9 Å². The molecule has 0 saturated heterocycles. The second-order valence-electron chi connectivity index (χ2n) is 5.92. The Labute approximate surface area is 123 Å². The standard InChI is InChI=1S/C15H21N5O/c1-8(2)20-10(4)13(9(3)19-20)16-15(21)14-11-6-5-7-12(11)17-18-14/h8H,5-7H2,1-4H3,(H,16,21)(H,17,18). The maximum Gasteiger partial charge on any atom is 0.276 e. The number of carbonyl (C=O) groups is 1. The Hall–Kier alpha value is -2.11. The molecule has 0 saturated carbocycles. The van der Waals surface area contributed by atoms with Crippen molar-refractivity contribution >= 4 is 11.6 Å². The normalized spacial score (nSPS) is 13.8. The Morgan fingerprint density at radius 1 is 1.33 bits per heavy atom. The van der Waals surface area contributed by atoms with Gasteiger partial charge in [0.2, 0.25) is 0 Å². The smallest absolute Gasteiger partial charge is 0.276 e. The van der Waals surface area contributed by atoms with Gasteiger partial charge in [-0.2, -0.15) is 10.2 Å². The quantitative estimate of drug-likeness (QED) is 0.911. The largest absolute Gasteiger partial charge is 0.317 e. The number of hydrogen-bond donors (Lipinski definition) is 2. The van der Waals surface area contributed by atoms with Gasteiger partial charge in [-0.25, -0.2) is 0 Å². The molecule has 6 nitrogen and oxygen atoms in total. The number of aryl methyl sites for hydroxylation is 2. The summed E-state index contributed by atoms with van der Waals surface area (Å²) in [5.74, 6) is -0.149. The van der Waals surface area contributed by atoms with Crippen LogP contribution in [0.2, 0.25) is 0 Å². The zero-order chi connectivity index (χ0) is 15.1. The fraction of sp³-hybridized carbons (Fsp3) is 0.533. The number of aromatic amines is 1. The number of rotatable bonds is 3. The molecule has 0 spiro atoms. The summed E-state index contributed by atoms with van der Waals surface area (Å²) < 4.78 is 1.93. The highest BCUT2D eigenvalue weighted by atomic mass is 16.2. The third-order valence-electron chi connectivity index (χ3n) is 4.07. The summed E-state index contributed by atoms with van der Waals surface area (Å²) in [6, 6.07) is 0.268. The minimum atomic E-state index is -0.149. The summed E-state index contributed by atoms with van der Waals surface area (Å²) >= 11 is 0. The number of nitrogens with zero attached hydrogens (tertiary/aromatic N) is 3. The summed E-state index contributed by atoms with van der Waals surface area (Å²) in [4.78, 5) is 12.5. The average molecular weight is 287 g/mol. The molecule has 21 heavy (non-hydrogen) atoms. The van der Waals surface area contributed by atoms with Gasteiger partial charge in [0.25, 0.3) is 5.91 Å². The van der Waals surface area contributed by atoms with E-state index >= 15 is 0 Å². The molecule has 0 atom stereocenters. The first-order chi connectivity index (χ1) is 9.99. The van der Waals surface area contributed by atoms with E-state index in [9.17, 15) is 4.79 Å². The minimum absolute atomic E-state index is 0.149. The van der Waals surface area contributed by atoms with E-state index in [2.05, 4.69) is 34.5 Å². The molecular formula is C15H21N5O. The molecule has 0 aliphatic heterocycles. The van der Waals surface area contributed by atoms with Crippen molar-refractivity contribution in [3.05, 3.63) is 28.3 Å². The van der Waals surface area contributed by atoms with Crippen LogP contribution in [-0.4, -0.2) is 25.9 Å². The van der Waals surface area contributed by atoms with Gasteiger partial charge in [0.15, 0.2) is 5.69 Å². The number of H-pyrrole nitrogens is 1. The molecule has 2 heterocycles. The molecule has 6 heteroatoms. The van der Waals surface area contributed by atoms with Crippen molar-refractivity contribution in [2.75, 3.05) is 5.32 Å². The first kappa shape index (κ1) is 13.9. The number of hydrogen-bond acceptors (Lipinski definition) is 3. The molecule has 0 bridgehead atoms. The summed E-state index contributed by atoms with van der Waals surface area (Å²) in [7, 11) is 0. The topological polar surface area (TPSA) is 75.6 Å². The fourth-order valence-electron chi connectivity index (χ4n) is 3.03. The van der Waals surface area contributed by atoms with E-state index in [0.717, 1.165) is 47.6 Å². The minimum Gasteiger partial charge on any atom is -0.317 e. The number of nitrogens with one attached hydrogen (secondary N) is 2. The van der Waals surface area contributed by atoms with E-state index in [1.165, 1.54) is 0 Å². The van der Waals surface area contributed by atoms with Gasteiger partial charge in [0.05, 0.1) is 17.1 Å². The lowest BCUT2D eigenvalue weighted by Gasteiger charge is -2.09. The van der Waals surface area contributed by atoms with Crippen molar-refractivity contribution in [2.45, 2.75) is 53.0 Å². The Bertz CT molecular complexity index is 695. The second kappa shape index (κ2) is 5.02. The van der Waals surface area contributed by atoms with Crippen LogP contribution in [0.5, 0.6) is 0 Å². The highest BCUT2D eigenvalue weighted by molar-refractivity contribution is 6.04. The Morgan fingerprint density at radius 3 is 2.76 bits per heavy atom. The van der Waals surface area contributed by atoms with E-state index in [0.29, 0.717) is 5.69 Å². The molecule has 0 aromatic carbocycles. The van der Waals surface area contributed by atoms with E-state index < -0.39 is 0 Å². The third kappa shape index (κ3) is 2.24. The van der Waals surface area contributed by atoms with Crippen LogP contribution in [-0.2, 0) is 12.8 Å². The van der Waals surface area contributed by atoms with Gasteiger partial charge in [-0.3, -0.25) is 14.6 Å². The second-order valence-corrected chi connectivity index (χ2v) is 5.92. The molecule has 0 radical (unpaired) electrons. The molecule has 0 fully saturated rings. The monoisotopic (exact) mass is 287 g/mol.